The van der Waals surface area contributed by atoms with Crippen molar-refractivity contribution in [1.29, 1.82) is 0 Å². The quantitative estimate of drug-likeness (QED) is 0.886. The van der Waals surface area contributed by atoms with Crippen LogP contribution in [0, 0.1) is 6.92 Å². The lowest BCUT2D eigenvalue weighted by Gasteiger charge is -1.99. The van der Waals surface area contributed by atoms with Gasteiger partial charge in [-0.2, -0.15) is 4.98 Å². The molecular formula is C12H15N3OS. The van der Waals surface area contributed by atoms with E-state index in [0.717, 1.165) is 22.0 Å². The Hall–Kier alpha value is -1.36. The summed E-state index contributed by atoms with van der Waals surface area (Å²) in [7, 11) is 0. The molecule has 2 heterocycles. The van der Waals surface area contributed by atoms with E-state index in [9.17, 15) is 0 Å². The highest BCUT2D eigenvalue weighted by molar-refractivity contribution is 7.14. The SMILES string of the molecule is Cc1csc(-c2nc(C3CCCC3)no2)c1N. The van der Waals surface area contributed by atoms with E-state index in [2.05, 4.69) is 10.1 Å². The zero-order chi connectivity index (χ0) is 11.8. The van der Waals surface area contributed by atoms with Gasteiger partial charge in [0.05, 0.1) is 5.69 Å². The number of aryl methyl sites for hydroxylation is 1. The Kier molecular flexibility index (Phi) is 2.63. The van der Waals surface area contributed by atoms with Gasteiger partial charge in [0, 0.05) is 5.92 Å². The van der Waals surface area contributed by atoms with Gasteiger partial charge in [0.15, 0.2) is 5.82 Å². The number of thiophene rings is 1. The molecule has 1 saturated carbocycles. The lowest BCUT2D eigenvalue weighted by atomic mass is 10.1. The van der Waals surface area contributed by atoms with E-state index in [1.807, 2.05) is 12.3 Å². The summed E-state index contributed by atoms with van der Waals surface area (Å²) in [5.74, 6) is 1.90. The maximum atomic E-state index is 5.98. The minimum atomic E-state index is 0.481. The predicted octanol–water partition coefficient (Wildman–Crippen LogP) is 3.35. The fourth-order valence-electron chi connectivity index (χ4n) is 2.30. The molecule has 1 aliphatic rings. The summed E-state index contributed by atoms with van der Waals surface area (Å²) < 4.78 is 5.33. The summed E-state index contributed by atoms with van der Waals surface area (Å²) in [6.07, 6.45) is 4.90. The number of anilines is 1. The van der Waals surface area contributed by atoms with Crippen LogP contribution in [0.25, 0.3) is 10.8 Å². The smallest absolute Gasteiger partial charge is 0.270 e. The molecule has 2 N–H and O–H groups in total. The summed E-state index contributed by atoms with van der Waals surface area (Å²) in [6.45, 7) is 1.99. The van der Waals surface area contributed by atoms with Crippen LogP contribution in [-0.2, 0) is 0 Å². The van der Waals surface area contributed by atoms with Gasteiger partial charge in [-0.15, -0.1) is 11.3 Å². The normalized spacial score (nSPS) is 16.8. The molecular weight excluding hydrogens is 234 g/mol. The number of nitrogen functional groups attached to an aromatic ring is 1. The zero-order valence-corrected chi connectivity index (χ0v) is 10.6. The molecule has 0 spiro atoms. The highest BCUT2D eigenvalue weighted by Crippen LogP contribution is 2.36. The average molecular weight is 249 g/mol. The van der Waals surface area contributed by atoms with Gasteiger partial charge in [0.1, 0.15) is 4.88 Å². The molecule has 2 aromatic rings. The van der Waals surface area contributed by atoms with E-state index in [0.29, 0.717) is 11.8 Å². The number of aromatic nitrogens is 2. The lowest BCUT2D eigenvalue weighted by molar-refractivity contribution is 0.416. The van der Waals surface area contributed by atoms with Crippen molar-refractivity contribution in [3.05, 3.63) is 16.8 Å². The van der Waals surface area contributed by atoms with Crippen LogP contribution < -0.4 is 5.73 Å². The second kappa shape index (κ2) is 4.14. The first-order valence-electron chi connectivity index (χ1n) is 5.93. The third kappa shape index (κ3) is 1.84. The van der Waals surface area contributed by atoms with Crippen molar-refractivity contribution >= 4 is 17.0 Å². The van der Waals surface area contributed by atoms with E-state index >= 15 is 0 Å². The third-order valence-corrected chi connectivity index (χ3v) is 4.48. The maximum Gasteiger partial charge on any atom is 0.270 e. The summed E-state index contributed by atoms with van der Waals surface area (Å²) in [4.78, 5) is 5.39. The van der Waals surface area contributed by atoms with Crippen molar-refractivity contribution < 1.29 is 4.52 Å². The van der Waals surface area contributed by atoms with Gasteiger partial charge < -0.3 is 10.3 Å². The first kappa shape index (κ1) is 10.8. The molecule has 0 amide bonds. The second-order valence-corrected chi connectivity index (χ2v) is 5.48. The molecule has 17 heavy (non-hydrogen) atoms. The lowest BCUT2D eigenvalue weighted by Crippen LogP contribution is -1.94. The summed E-state index contributed by atoms with van der Waals surface area (Å²) in [5, 5.41) is 6.11. The third-order valence-electron chi connectivity index (χ3n) is 3.38. The van der Waals surface area contributed by atoms with Gasteiger partial charge >= 0.3 is 0 Å². The summed E-state index contributed by atoms with van der Waals surface area (Å²) in [5.41, 5.74) is 7.82. The van der Waals surface area contributed by atoms with Crippen molar-refractivity contribution in [3.63, 3.8) is 0 Å². The Labute approximate surface area is 104 Å². The fraction of sp³-hybridized carbons (Fsp3) is 0.500. The number of nitrogens with zero attached hydrogens (tertiary/aromatic N) is 2. The number of rotatable bonds is 2. The standard InChI is InChI=1S/C12H15N3OS/c1-7-6-17-10(9(7)13)12-14-11(15-16-12)8-4-2-3-5-8/h6,8H,2-5,13H2,1H3. The van der Waals surface area contributed by atoms with Gasteiger partial charge in [0.25, 0.3) is 5.89 Å². The summed E-state index contributed by atoms with van der Waals surface area (Å²) >= 11 is 1.56. The van der Waals surface area contributed by atoms with Gasteiger partial charge in [-0.3, -0.25) is 0 Å². The molecule has 0 atom stereocenters. The molecule has 5 heteroatoms. The molecule has 0 saturated heterocycles. The van der Waals surface area contributed by atoms with Crippen LogP contribution in [0.1, 0.15) is 43.0 Å². The van der Waals surface area contributed by atoms with Crippen LogP contribution in [0.5, 0.6) is 0 Å². The van der Waals surface area contributed by atoms with E-state index in [4.69, 9.17) is 10.3 Å². The molecule has 1 aliphatic carbocycles. The summed E-state index contributed by atoms with van der Waals surface area (Å²) in [6, 6.07) is 0. The zero-order valence-electron chi connectivity index (χ0n) is 9.77. The van der Waals surface area contributed by atoms with Gasteiger partial charge in [-0.05, 0) is 30.7 Å². The molecule has 1 fully saturated rings. The van der Waals surface area contributed by atoms with Crippen molar-refractivity contribution in [2.24, 2.45) is 0 Å². The van der Waals surface area contributed by atoms with Crippen LogP contribution in [0.15, 0.2) is 9.90 Å². The molecule has 90 valence electrons. The highest BCUT2D eigenvalue weighted by Gasteiger charge is 2.23. The first-order chi connectivity index (χ1) is 8.25. The minimum Gasteiger partial charge on any atom is -0.397 e. The minimum absolute atomic E-state index is 0.481. The van der Waals surface area contributed by atoms with Crippen LogP contribution in [-0.4, -0.2) is 10.1 Å². The molecule has 0 radical (unpaired) electrons. The molecule has 0 bridgehead atoms. The van der Waals surface area contributed by atoms with Crippen LogP contribution in [0.3, 0.4) is 0 Å². The van der Waals surface area contributed by atoms with E-state index in [1.165, 1.54) is 25.7 Å². The van der Waals surface area contributed by atoms with Crippen LogP contribution in [0.4, 0.5) is 5.69 Å². The Morgan fingerprint density at radius 2 is 2.18 bits per heavy atom. The Bertz CT molecular complexity index is 526. The van der Waals surface area contributed by atoms with Crippen LogP contribution in [0.2, 0.25) is 0 Å². The number of hydrogen-bond donors (Lipinski definition) is 1. The number of nitrogens with two attached hydrogens (primary N) is 1. The molecule has 0 aliphatic heterocycles. The molecule has 2 aromatic heterocycles. The van der Waals surface area contributed by atoms with Gasteiger partial charge in [-0.25, -0.2) is 0 Å². The van der Waals surface area contributed by atoms with Crippen LogP contribution >= 0.6 is 11.3 Å². The molecule has 0 unspecified atom stereocenters. The number of hydrogen-bond acceptors (Lipinski definition) is 5. The van der Waals surface area contributed by atoms with E-state index < -0.39 is 0 Å². The predicted molar refractivity (Wildman–Crippen MR) is 68.0 cm³/mol. The Morgan fingerprint density at radius 1 is 1.41 bits per heavy atom. The van der Waals surface area contributed by atoms with Gasteiger partial charge in [0.2, 0.25) is 0 Å². The van der Waals surface area contributed by atoms with E-state index in [1.54, 1.807) is 11.3 Å². The van der Waals surface area contributed by atoms with Crippen molar-refractivity contribution in [2.75, 3.05) is 5.73 Å². The van der Waals surface area contributed by atoms with E-state index in [-0.39, 0.29) is 0 Å². The van der Waals surface area contributed by atoms with Crippen molar-refractivity contribution in [3.8, 4) is 10.8 Å². The second-order valence-electron chi connectivity index (χ2n) is 4.60. The van der Waals surface area contributed by atoms with Crippen molar-refractivity contribution in [1.82, 2.24) is 10.1 Å². The topological polar surface area (TPSA) is 64.9 Å². The molecule has 0 aromatic carbocycles. The fourth-order valence-corrected chi connectivity index (χ4v) is 3.19. The van der Waals surface area contributed by atoms with Crippen molar-refractivity contribution in [2.45, 2.75) is 38.5 Å². The Morgan fingerprint density at radius 3 is 2.82 bits per heavy atom. The largest absolute Gasteiger partial charge is 0.397 e. The molecule has 3 rings (SSSR count). The molecule has 4 nitrogen and oxygen atoms in total. The Balaban J connectivity index is 1.91. The monoisotopic (exact) mass is 249 g/mol. The maximum absolute atomic E-state index is 5.98. The van der Waals surface area contributed by atoms with Gasteiger partial charge in [-0.1, -0.05) is 18.0 Å². The average Bonchev–Trinajstić information content (AvgIpc) is 3.01. The first-order valence-corrected chi connectivity index (χ1v) is 6.81. The highest BCUT2D eigenvalue weighted by atomic mass is 32.1.